The normalized spacial score (nSPS) is 11.3. The van der Waals surface area contributed by atoms with Crippen LogP contribution in [0.4, 0.5) is 5.69 Å². The van der Waals surface area contributed by atoms with Crippen LogP contribution in [0, 0.1) is 0 Å². The van der Waals surface area contributed by atoms with E-state index in [4.69, 9.17) is 14.2 Å². The Morgan fingerprint density at radius 3 is 2.34 bits per heavy atom. The maximum Gasteiger partial charge on any atom is 0.358 e. The predicted molar refractivity (Wildman–Crippen MR) is 141 cm³/mol. The molecule has 9 nitrogen and oxygen atoms in total. The van der Waals surface area contributed by atoms with Crippen LogP contribution in [0.2, 0.25) is 0 Å². The second kappa shape index (κ2) is 11.9. The van der Waals surface area contributed by atoms with Gasteiger partial charge in [-0.2, -0.15) is 5.10 Å². The number of methoxy groups -OCH3 is 1. The smallest absolute Gasteiger partial charge is 0.358 e. The number of hydrogen-bond acceptors (Lipinski definition) is 7. The molecule has 1 N–H and O–H groups in total. The average Bonchev–Trinajstić information content (AvgIpc) is 3.38. The molecule has 0 aliphatic heterocycles. The number of nitrogens with one attached hydrogen (secondary N) is 1. The zero-order chi connectivity index (χ0) is 27.1. The van der Waals surface area contributed by atoms with E-state index in [1.807, 2.05) is 24.3 Å². The summed E-state index contributed by atoms with van der Waals surface area (Å²) in [6, 6.07) is 24.7. The minimum Gasteiger partial charge on any atom is -0.497 e. The molecule has 0 radical (unpaired) electrons. The second-order valence-electron chi connectivity index (χ2n) is 8.22. The number of anilines is 1. The fourth-order valence-electron chi connectivity index (χ4n) is 3.84. The summed E-state index contributed by atoms with van der Waals surface area (Å²) < 4.78 is 17.3. The molecule has 194 valence electrons. The molecule has 0 bridgehead atoms. The Hall–Kier alpha value is -4.92. The van der Waals surface area contributed by atoms with Gasteiger partial charge >= 0.3 is 11.9 Å². The first kappa shape index (κ1) is 26.2. The van der Waals surface area contributed by atoms with E-state index in [1.165, 1.54) is 6.92 Å². The number of hydrogen-bond donors (Lipinski definition) is 1. The zero-order valence-electron chi connectivity index (χ0n) is 21.2. The highest BCUT2D eigenvalue weighted by Gasteiger charge is 2.24. The molecule has 0 saturated carbocycles. The van der Waals surface area contributed by atoms with Crippen molar-refractivity contribution in [1.82, 2.24) is 9.78 Å². The lowest BCUT2D eigenvalue weighted by Gasteiger charge is -2.17. The highest BCUT2D eigenvalue weighted by Crippen LogP contribution is 2.28. The molecule has 4 rings (SSSR count). The summed E-state index contributed by atoms with van der Waals surface area (Å²) in [5.74, 6) is -0.937. The van der Waals surface area contributed by atoms with Crippen molar-refractivity contribution < 1.29 is 28.6 Å². The lowest BCUT2D eigenvalue weighted by molar-refractivity contribution is -0.152. The van der Waals surface area contributed by atoms with Crippen LogP contribution >= 0.6 is 0 Å². The van der Waals surface area contributed by atoms with Crippen molar-refractivity contribution >= 4 is 23.5 Å². The fourth-order valence-corrected chi connectivity index (χ4v) is 3.84. The molecule has 0 aliphatic rings. The Labute approximate surface area is 220 Å². The third kappa shape index (κ3) is 6.07. The number of ether oxygens (including phenoxy) is 3. The molecular formula is C29H27N3O6. The van der Waals surface area contributed by atoms with Gasteiger partial charge in [-0.25, -0.2) is 9.48 Å². The predicted octanol–water partition coefficient (Wildman–Crippen LogP) is 4.97. The SMILES string of the molecule is CCOC(=O)c1cc(-c2cccc(NC(=O)[C@H](OC(C)=O)c3ccccc3)c2)n(-c2ccc(OC)cc2)n1. The summed E-state index contributed by atoms with van der Waals surface area (Å²) >= 11 is 0. The van der Waals surface area contributed by atoms with Crippen LogP contribution in [0.5, 0.6) is 5.75 Å². The summed E-state index contributed by atoms with van der Waals surface area (Å²) in [4.78, 5) is 37.3. The van der Waals surface area contributed by atoms with Gasteiger partial charge in [-0.3, -0.25) is 9.59 Å². The topological polar surface area (TPSA) is 109 Å². The number of carbonyl (C=O) groups excluding carboxylic acids is 3. The van der Waals surface area contributed by atoms with Crippen LogP contribution in [0.3, 0.4) is 0 Å². The first-order valence-corrected chi connectivity index (χ1v) is 11.9. The number of aromatic nitrogens is 2. The zero-order valence-corrected chi connectivity index (χ0v) is 21.2. The Kier molecular flexibility index (Phi) is 8.17. The highest BCUT2D eigenvalue weighted by atomic mass is 16.5. The minimum atomic E-state index is -1.11. The molecule has 0 spiro atoms. The fraction of sp³-hybridized carbons (Fsp3) is 0.172. The minimum absolute atomic E-state index is 0.145. The summed E-state index contributed by atoms with van der Waals surface area (Å²) in [6.07, 6.45) is -1.11. The van der Waals surface area contributed by atoms with E-state index in [9.17, 15) is 14.4 Å². The molecule has 1 atom stereocenters. The maximum absolute atomic E-state index is 13.1. The van der Waals surface area contributed by atoms with E-state index in [1.54, 1.807) is 79.4 Å². The molecule has 1 amide bonds. The highest BCUT2D eigenvalue weighted by molar-refractivity contribution is 5.96. The largest absolute Gasteiger partial charge is 0.497 e. The Bertz CT molecular complexity index is 1430. The van der Waals surface area contributed by atoms with E-state index >= 15 is 0 Å². The van der Waals surface area contributed by atoms with Gasteiger partial charge in [0.1, 0.15) is 5.75 Å². The van der Waals surface area contributed by atoms with Crippen molar-refractivity contribution in [2.45, 2.75) is 20.0 Å². The third-order valence-electron chi connectivity index (χ3n) is 5.56. The second-order valence-corrected chi connectivity index (χ2v) is 8.22. The van der Waals surface area contributed by atoms with E-state index in [0.717, 1.165) is 0 Å². The molecule has 0 aliphatic carbocycles. The molecule has 38 heavy (non-hydrogen) atoms. The van der Waals surface area contributed by atoms with Crippen LogP contribution < -0.4 is 10.1 Å². The van der Waals surface area contributed by atoms with Crippen LogP contribution in [0.25, 0.3) is 16.9 Å². The molecular weight excluding hydrogens is 486 g/mol. The van der Waals surface area contributed by atoms with Gasteiger partial charge in [0.15, 0.2) is 5.69 Å². The van der Waals surface area contributed by atoms with Gasteiger partial charge in [-0.15, -0.1) is 0 Å². The van der Waals surface area contributed by atoms with Crippen LogP contribution in [-0.4, -0.2) is 41.3 Å². The van der Waals surface area contributed by atoms with Crippen molar-refractivity contribution in [2.24, 2.45) is 0 Å². The molecule has 1 aromatic heterocycles. The van der Waals surface area contributed by atoms with Gasteiger partial charge in [-0.05, 0) is 49.4 Å². The standard InChI is InChI=1S/C29H27N3O6/c1-4-37-29(35)25-18-26(32(31-25)23-13-15-24(36-3)16-14-23)21-11-8-12-22(17-21)30-28(34)27(38-19(2)33)20-9-6-5-7-10-20/h5-18,27H,4H2,1-3H3,(H,30,34)/t27-/m1/s1. The van der Waals surface area contributed by atoms with Crippen molar-refractivity contribution in [2.75, 3.05) is 19.0 Å². The summed E-state index contributed by atoms with van der Waals surface area (Å²) in [5, 5.41) is 7.30. The summed E-state index contributed by atoms with van der Waals surface area (Å²) in [5.41, 5.74) is 3.16. The van der Waals surface area contributed by atoms with Gasteiger partial charge in [0.05, 0.1) is 25.1 Å². The summed E-state index contributed by atoms with van der Waals surface area (Å²) in [7, 11) is 1.58. The molecule has 9 heteroatoms. The third-order valence-corrected chi connectivity index (χ3v) is 5.56. The average molecular weight is 514 g/mol. The lowest BCUT2D eigenvalue weighted by Crippen LogP contribution is -2.25. The number of nitrogens with zero attached hydrogens (tertiary/aromatic N) is 2. The van der Waals surface area contributed by atoms with Crippen LogP contribution in [0.15, 0.2) is 84.9 Å². The van der Waals surface area contributed by atoms with E-state index in [2.05, 4.69) is 10.4 Å². The van der Waals surface area contributed by atoms with E-state index in [-0.39, 0.29) is 12.3 Å². The van der Waals surface area contributed by atoms with Crippen molar-refractivity contribution in [3.05, 3.63) is 96.2 Å². The van der Waals surface area contributed by atoms with Crippen LogP contribution in [0.1, 0.15) is 36.0 Å². The quantitative estimate of drug-likeness (QED) is 0.315. The molecule has 0 unspecified atom stereocenters. The van der Waals surface area contributed by atoms with Crippen molar-refractivity contribution in [1.29, 1.82) is 0 Å². The van der Waals surface area contributed by atoms with Crippen LogP contribution in [-0.2, 0) is 19.1 Å². The number of rotatable bonds is 9. The summed E-state index contributed by atoms with van der Waals surface area (Å²) in [6.45, 7) is 3.20. The van der Waals surface area contributed by atoms with Gasteiger partial charge in [0.2, 0.25) is 6.10 Å². The lowest BCUT2D eigenvalue weighted by atomic mass is 10.1. The van der Waals surface area contributed by atoms with Gasteiger partial charge in [0.25, 0.3) is 5.91 Å². The Balaban J connectivity index is 1.68. The first-order chi connectivity index (χ1) is 18.4. The number of carbonyl (C=O) groups is 3. The van der Waals surface area contributed by atoms with Gasteiger partial charge in [-0.1, -0.05) is 42.5 Å². The number of esters is 2. The Morgan fingerprint density at radius 2 is 1.68 bits per heavy atom. The monoisotopic (exact) mass is 513 g/mol. The molecule has 0 saturated heterocycles. The number of amides is 1. The van der Waals surface area contributed by atoms with E-state index < -0.39 is 23.9 Å². The van der Waals surface area contributed by atoms with E-state index in [0.29, 0.717) is 33.9 Å². The molecule has 1 heterocycles. The Morgan fingerprint density at radius 1 is 0.947 bits per heavy atom. The molecule has 0 fully saturated rings. The van der Waals surface area contributed by atoms with Gasteiger partial charge in [0, 0.05) is 23.7 Å². The molecule has 3 aromatic carbocycles. The maximum atomic E-state index is 13.1. The number of benzene rings is 3. The van der Waals surface area contributed by atoms with Crippen molar-refractivity contribution in [3.63, 3.8) is 0 Å². The van der Waals surface area contributed by atoms with Gasteiger partial charge < -0.3 is 19.5 Å². The molecule has 4 aromatic rings. The van der Waals surface area contributed by atoms with Crippen molar-refractivity contribution in [3.8, 4) is 22.7 Å². The first-order valence-electron chi connectivity index (χ1n) is 11.9.